The third-order valence-electron chi connectivity index (χ3n) is 2.43. The van der Waals surface area contributed by atoms with Crippen LogP contribution in [0.15, 0.2) is 39.1 Å². The number of nitrogens with zero attached hydrogens (tertiary/aromatic N) is 1. The van der Waals surface area contributed by atoms with E-state index in [1.165, 1.54) is 12.1 Å². The molecule has 0 bridgehead atoms. The van der Waals surface area contributed by atoms with E-state index in [0.29, 0.717) is 22.3 Å². The lowest BCUT2D eigenvalue weighted by atomic mass is 10.2. The monoisotopic (exact) mass is 279 g/mol. The first-order valence-corrected chi connectivity index (χ1v) is 6.59. The number of aryl methyl sites for hydroxylation is 1. The Hall–Kier alpha value is -1.66. The number of benzene rings is 1. The van der Waals surface area contributed by atoms with Crippen molar-refractivity contribution in [3.8, 4) is 0 Å². The van der Waals surface area contributed by atoms with Crippen LogP contribution in [-0.4, -0.2) is 17.0 Å². The van der Waals surface area contributed by atoms with Crippen LogP contribution in [0.4, 0.5) is 4.39 Å². The molecule has 1 aromatic carbocycles. The third kappa shape index (κ3) is 3.65. The van der Waals surface area contributed by atoms with Gasteiger partial charge in [0.1, 0.15) is 5.82 Å². The van der Waals surface area contributed by atoms with Crippen LogP contribution in [0, 0.1) is 12.7 Å². The third-order valence-corrected chi connectivity index (χ3v) is 3.37. The van der Waals surface area contributed by atoms with Crippen molar-refractivity contribution in [2.45, 2.75) is 23.5 Å². The number of halogens is 1. The second-order valence-corrected chi connectivity index (χ2v) is 5.12. The van der Waals surface area contributed by atoms with Gasteiger partial charge in [-0.25, -0.2) is 9.37 Å². The van der Waals surface area contributed by atoms with E-state index in [1.807, 2.05) is 13.1 Å². The van der Waals surface area contributed by atoms with Crippen LogP contribution in [0.25, 0.3) is 0 Å². The molecule has 0 aliphatic heterocycles. The van der Waals surface area contributed by atoms with E-state index in [1.54, 1.807) is 13.0 Å². The molecule has 1 heterocycles. The lowest BCUT2D eigenvalue weighted by molar-refractivity contribution is 0.597. The molecule has 0 unspecified atom stereocenters. The van der Waals surface area contributed by atoms with Crippen molar-refractivity contribution in [3.63, 3.8) is 0 Å². The molecular weight excluding hydrogens is 265 g/mol. The molecule has 2 N–H and O–H groups in total. The minimum atomic E-state index is -0.318. The molecule has 1 aromatic heterocycles. The molecule has 0 aliphatic rings. The minimum absolute atomic E-state index is 0.234. The quantitative estimate of drug-likeness (QED) is 0.841. The van der Waals surface area contributed by atoms with Crippen LogP contribution in [0.1, 0.15) is 11.3 Å². The topological polar surface area (TPSA) is 57.8 Å². The molecule has 19 heavy (non-hydrogen) atoms. The zero-order valence-electron chi connectivity index (χ0n) is 10.7. The molecule has 100 valence electrons. The van der Waals surface area contributed by atoms with Gasteiger partial charge < -0.3 is 10.3 Å². The highest BCUT2D eigenvalue weighted by atomic mass is 32.2. The van der Waals surface area contributed by atoms with Crippen molar-refractivity contribution in [3.05, 3.63) is 51.7 Å². The average molecular weight is 279 g/mol. The van der Waals surface area contributed by atoms with Gasteiger partial charge in [-0.3, -0.25) is 4.79 Å². The van der Waals surface area contributed by atoms with Crippen molar-refractivity contribution < 1.29 is 4.39 Å². The van der Waals surface area contributed by atoms with Gasteiger partial charge in [0, 0.05) is 18.3 Å². The molecule has 0 saturated heterocycles. The summed E-state index contributed by atoms with van der Waals surface area (Å²) in [7, 11) is 1.81. The average Bonchev–Trinajstić information content (AvgIpc) is 2.32. The van der Waals surface area contributed by atoms with Crippen molar-refractivity contribution in [1.29, 1.82) is 0 Å². The molecule has 2 aromatic rings. The summed E-state index contributed by atoms with van der Waals surface area (Å²) in [5, 5.41) is 3.36. The van der Waals surface area contributed by atoms with Gasteiger partial charge in [0.2, 0.25) is 0 Å². The molecule has 0 fully saturated rings. The molecule has 6 heteroatoms. The van der Waals surface area contributed by atoms with Gasteiger partial charge in [-0.1, -0.05) is 6.07 Å². The summed E-state index contributed by atoms with van der Waals surface area (Å²) in [6.07, 6.45) is 0. The lowest BCUT2D eigenvalue weighted by Crippen LogP contribution is -2.08. The van der Waals surface area contributed by atoms with Crippen LogP contribution in [0.5, 0.6) is 0 Å². The zero-order valence-corrected chi connectivity index (χ0v) is 11.5. The molecule has 0 spiro atoms. The molecule has 0 atom stereocenters. The summed E-state index contributed by atoms with van der Waals surface area (Å²) in [6.45, 7) is 2.34. The fourth-order valence-electron chi connectivity index (χ4n) is 1.65. The second-order valence-electron chi connectivity index (χ2n) is 4.09. The van der Waals surface area contributed by atoms with Crippen molar-refractivity contribution in [2.24, 2.45) is 0 Å². The predicted octanol–water partition coefficient (Wildman–Crippen LogP) is 2.09. The van der Waals surface area contributed by atoms with E-state index in [2.05, 4.69) is 15.3 Å². The van der Waals surface area contributed by atoms with Crippen LogP contribution in [0.3, 0.4) is 0 Å². The summed E-state index contributed by atoms with van der Waals surface area (Å²) in [5.41, 5.74) is 1.25. The van der Waals surface area contributed by atoms with Gasteiger partial charge in [0.05, 0.1) is 4.90 Å². The van der Waals surface area contributed by atoms with Crippen molar-refractivity contribution >= 4 is 11.8 Å². The Bertz CT molecular complexity index is 642. The van der Waals surface area contributed by atoms with Gasteiger partial charge in [-0.2, -0.15) is 0 Å². The van der Waals surface area contributed by atoms with Crippen LogP contribution in [-0.2, 0) is 6.54 Å². The standard InChI is InChI=1S/C13H14FN3OS/c1-8-5-12(18)17-13(16-8)19-11-4-3-9(7-15-2)6-10(11)14/h3-6,15H,7H2,1-2H3,(H,16,17,18). The number of nitrogens with one attached hydrogen (secondary N) is 2. The number of hydrogen-bond acceptors (Lipinski definition) is 4. The summed E-state index contributed by atoms with van der Waals surface area (Å²) in [5.74, 6) is -0.318. The van der Waals surface area contributed by atoms with Gasteiger partial charge in [0.25, 0.3) is 5.56 Å². The first kappa shape index (κ1) is 13.8. The maximum atomic E-state index is 13.9. The Labute approximate surface area is 114 Å². The highest BCUT2D eigenvalue weighted by molar-refractivity contribution is 7.99. The Morgan fingerprint density at radius 2 is 2.21 bits per heavy atom. The SMILES string of the molecule is CNCc1ccc(Sc2nc(C)cc(=O)[nH]2)c(F)c1. The fourth-order valence-corrected chi connectivity index (χ4v) is 2.49. The van der Waals surface area contributed by atoms with Gasteiger partial charge in [-0.15, -0.1) is 0 Å². The number of H-pyrrole nitrogens is 1. The summed E-state index contributed by atoms with van der Waals surface area (Å²) in [4.78, 5) is 18.5. The number of rotatable bonds is 4. The number of aromatic nitrogens is 2. The maximum Gasteiger partial charge on any atom is 0.251 e. The van der Waals surface area contributed by atoms with E-state index in [9.17, 15) is 9.18 Å². The van der Waals surface area contributed by atoms with Gasteiger partial charge in [-0.05, 0) is 43.4 Å². The highest BCUT2D eigenvalue weighted by Crippen LogP contribution is 2.27. The molecule has 2 rings (SSSR count). The smallest absolute Gasteiger partial charge is 0.251 e. The number of aromatic amines is 1. The fraction of sp³-hybridized carbons (Fsp3) is 0.231. The van der Waals surface area contributed by atoms with Crippen LogP contribution < -0.4 is 10.9 Å². The summed E-state index contributed by atoms with van der Waals surface area (Å²) < 4.78 is 13.9. The van der Waals surface area contributed by atoms with Crippen LogP contribution in [0.2, 0.25) is 0 Å². The number of hydrogen-bond donors (Lipinski definition) is 2. The Morgan fingerprint density at radius 3 is 2.84 bits per heavy atom. The van der Waals surface area contributed by atoms with Crippen LogP contribution >= 0.6 is 11.8 Å². The van der Waals surface area contributed by atoms with E-state index < -0.39 is 0 Å². The predicted molar refractivity (Wildman–Crippen MR) is 72.9 cm³/mol. The molecule has 0 amide bonds. The van der Waals surface area contributed by atoms with Crippen molar-refractivity contribution in [1.82, 2.24) is 15.3 Å². The maximum absolute atomic E-state index is 13.9. The molecule has 0 aliphatic carbocycles. The molecule has 0 saturated carbocycles. The van der Waals surface area contributed by atoms with E-state index in [-0.39, 0.29) is 11.4 Å². The summed E-state index contributed by atoms with van der Waals surface area (Å²) in [6, 6.07) is 6.41. The minimum Gasteiger partial charge on any atom is -0.316 e. The Morgan fingerprint density at radius 1 is 1.42 bits per heavy atom. The normalized spacial score (nSPS) is 10.7. The lowest BCUT2D eigenvalue weighted by Gasteiger charge is -2.05. The Balaban J connectivity index is 2.25. The molecular formula is C13H14FN3OS. The van der Waals surface area contributed by atoms with Gasteiger partial charge >= 0.3 is 0 Å². The van der Waals surface area contributed by atoms with Crippen molar-refractivity contribution in [2.75, 3.05) is 7.05 Å². The summed E-state index contributed by atoms with van der Waals surface area (Å²) >= 11 is 1.11. The van der Waals surface area contributed by atoms with E-state index in [4.69, 9.17) is 0 Å². The molecule has 4 nitrogen and oxygen atoms in total. The van der Waals surface area contributed by atoms with Gasteiger partial charge in [0.15, 0.2) is 5.16 Å². The first-order chi connectivity index (χ1) is 9.08. The largest absolute Gasteiger partial charge is 0.316 e. The van der Waals surface area contributed by atoms with E-state index in [0.717, 1.165) is 17.3 Å². The Kier molecular flexibility index (Phi) is 4.34. The molecule has 0 radical (unpaired) electrons. The highest BCUT2D eigenvalue weighted by Gasteiger charge is 2.07. The second kappa shape index (κ2) is 5.99. The van der Waals surface area contributed by atoms with E-state index >= 15 is 0 Å². The first-order valence-electron chi connectivity index (χ1n) is 5.77. The zero-order chi connectivity index (χ0) is 13.8.